The molecule has 0 aliphatic rings. The average molecular weight is 529 g/mol. The number of carbonyl (C=O) groups is 2. The van der Waals surface area contributed by atoms with Crippen LogP contribution in [0.15, 0.2) is 46.0 Å². The molecule has 0 saturated heterocycles. The molecular formula is C22H24BrCl2N3O3. The van der Waals surface area contributed by atoms with Crippen LogP contribution in [0.2, 0.25) is 10.0 Å². The predicted molar refractivity (Wildman–Crippen MR) is 128 cm³/mol. The second-order valence-corrected chi connectivity index (χ2v) is 8.82. The largest absolute Gasteiger partial charge is 0.493 e. The Morgan fingerprint density at radius 2 is 1.90 bits per heavy atom. The van der Waals surface area contributed by atoms with Gasteiger partial charge in [0.25, 0.3) is 11.8 Å². The Hall–Kier alpha value is -2.09. The highest BCUT2D eigenvalue weighted by Gasteiger charge is 2.24. The van der Waals surface area contributed by atoms with Gasteiger partial charge in [-0.05, 0) is 48.7 Å². The maximum absolute atomic E-state index is 12.7. The van der Waals surface area contributed by atoms with Crippen LogP contribution < -0.4 is 15.5 Å². The SMILES string of the molecule is CCCOc1ccc(Br)cc1/C=N/NC(=O)C(NC(=O)c1ccc(Cl)c(Cl)c1)C(C)C. The van der Waals surface area contributed by atoms with Gasteiger partial charge in [-0.2, -0.15) is 5.10 Å². The molecule has 0 saturated carbocycles. The molecular weight excluding hydrogens is 505 g/mol. The number of halogens is 3. The van der Waals surface area contributed by atoms with Gasteiger partial charge in [-0.15, -0.1) is 0 Å². The maximum atomic E-state index is 12.7. The summed E-state index contributed by atoms with van der Waals surface area (Å²) in [5, 5.41) is 7.37. The number of hydrogen-bond donors (Lipinski definition) is 2. The smallest absolute Gasteiger partial charge is 0.262 e. The lowest BCUT2D eigenvalue weighted by Gasteiger charge is -2.20. The van der Waals surface area contributed by atoms with Crippen molar-refractivity contribution in [1.82, 2.24) is 10.7 Å². The molecule has 0 aliphatic carbocycles. The van der Waals surface area contributed by atoms with Crippen molar-refractivity contribution >= 4 is 57.2 Å². The first kappa shape index (κ1) is 25.2. The molecule has 0 aromatic heterocycles. The van der Waals surface area contributed by atoms with E-state index in [1.54, 1.807) is 6.07 Å². The maximum Gasteiger partial charge on any atom is 0.262 e. The zero-order valence-corrected chi connectivity index (χ0v) is 20.5. The van der Waals surface area contributed by atoms with Crippen molar-refractivity contribution in [2.45, 2.75) is 33.2 Å². The number of nitrogens with one attached hydrogen (secondary N) is 2. The molecule has 2 aromatic carbocycles. The number of amides is 2. The summed E-state index contributed by atoms with van der Waals surface area (Å²) in [5.74, 6) is -0.378. The highest BCUT2D eigenvalue weighted by atomic mass is 79.9. The third-order valence-electron chi connectivity index (χ3n) is 4.23. The molecule has 2 N–H and O–H groups in total. The average Bonchev–Trinajstić information content (AvgIpc) is 2.72. The lowest BCUT2D eigenvalue weighted by molar-refractivity contribution is -0.123. The topological polar surface area (TPSA) is 79.8 Å². The van der Waals surface area contributed by atoms with Crippen molar-refractivity contribution in [3.8, 4) is 5.75 Å². The molecule has 2 aromatic rings. The number of rotatable bonds is 9. The molecule has 6 nitrogen and oxygen atoms in total. The van der Waals surface area contributed by atoms with Crippen LogP contribution in [0.25, 0.3) is 0 Å². The van der Waals surface area contributed by atoms with Gasteiger partial charge < -0.3 is 10.1 Å². The van der Waals surface area contributed by atoms with Crippen molar-refractivity contribution < 1.29 is 14.3 Å². The number of hydrazone groups is 1. The van der Waals surface area contributed by atoms with Crippen molar-refractivity contribution in [2.75, 3.05) is 6.61 Å². The van der Waals surface area contributed by atoms with Crippen LogP contribution in [0.1, 0.15) is 43.1 Å². The zero-order chi connectivity index (χ0) is 23.0. The van der Waals surface area contributed by atoms with Gasteiger partial charge in [0.15, 0.2) is 0 Å². The number of carbonyl (C=O) groups excluding carboxylic acids is 2. The first-order chi connectivity index (χ1) is 14.7. The molecule has 2 rings (SSSR count). The molecule has 31 heavy (non-hydrogen) atoms. The van der Waals surface area contributed by atoms with Gasteiger partial charge in [-0.1, -0.05) is 59.9 Å². The van der Waals surface area contributed by atoms with E-state index < -0.39 is 17.9 Å². The molecule has 2 amide bonds. The van der Waals surface area contributed by atoms with E-state index >= 15 is 0 Å². The molecule has 0 fully saturated rings. The van der Waals surface area contributed by atoms with Crippen LogP contribution in [-0.4, -0.2) is 30.7 Å². The Kier molecular flexibility index (Phi) is 9.81. The summed E-state index contributed by atoms with van der Waals surface area (Å²) in [6.45, 7) is 6.25. The second-order valence-electron chi connectivity index (χ2n) is 7.09. The summed E-state index contributed by atoms with van der Waals surface area (Å²) in [6.07, 6.45) is 2.38. The van der Waals surface area contributed by atoms with Gasteiger partial charge in [0.05, 0.1) is 22.9 Å². The first-order valence-electron chi connectivity index (χ1n) is 9.74. The van der Waals surface area contributed by atoms with Gasteiger partial charge in [0.1, 0.15) is 11.8 Å². The molecule has 1 atom stereocenters. The summed E-state index contributed by atoms with van der Waals surface area (Å²) in [4.78, 5) is 25.2. The molecule has 0 heterocycles. The predicted octanol–water partition coefficient (Wildman–Crippen LogP) is 5.45. The van der Waals surface area contributed by atoms with Crippen molar-refractivity contribution in [3.63, 3.8) is 0 Å². The minimum atomic E-state index is -0.794. The van der Waals surface area contributed by atoms with E-state index in [4.69, 9.17) is 27.9 Å². The molecule has 0 aliphatic heterocycles. The van der Waals surface area contributed by atoms with E-state index in [0.717, 1.165) is 10.9 Å². The van der Waals surface area contributed by atoms with E-state index in [1.807, 2.05) is 39.0 Å². The molecule has 0 spiro atoms. The summed E-state index contributed by atoms with van der Waals surface area (Å²) in [6, 6.07) is 9.28. The number of benzene rings is 2. The number of nitrogens with zero attached hydrogens (tertiary/aromatic N) is 1. The van der Waals surface area contributed by atoms with Gasteiger partial charge in [0.2, 0.25) is 0 Å². The Balaban J connectivity index is 2.08. The minimum absolute atomic E-state index is 0.170. The van der Waals surface area contributed by atoms with Crippen LogP contribution in [0.3, 0.4) is 0 Å². The van der Waals surface area contributed by atoms with E-state index in [2.05, 4.69) is 31.8 Å². The Morgan fingerprint density at radius 1 is 1.16 bits per heavy atom. The molecule has 166 valence electrons. The molecule has 9 heteroatoms. The number of ether oxygens (including phenoxy) is 1. The molecule has 0 radical (unpaired) electrons. The monoisotopic (exact) mass is 527 g/mol. The first-order valence-corrected chi connectivity index (χ1v) is 11.3. The van der Waals surface area contributed by atoms with E-state index in [9.17, 15) is 9.59 Å². The van der Waals surface area contributed by atoms with E-state index in [-0.39, 0.29) is 10.9 Å². The summed E-state index contributed by atoms with van der Waals surface area (Å²) >= 11 is 15.3. The van der Waals surface area contributed by atoms with Gasteiger partial charge in [-0.25, -0.2) is 5.43 Å². The van der Waals surface area contributed by atoms with E-state index in [0.29, 0.717) is 28.5 Å². The fourth-order valence-electron chi connectivity index (χ4n) is 2.60. The highest BCUT2D eigenvalue weighted by molar-refractivity contribution is 9.10. The van der Waals surface area contributed by atoms with Crippen LogP contribution in [0.4, 0.5) is 0 Å². The molecule has 0 bridgehead atoms. The third-order valence-corrected chi connectivity index (χ3v) is 5.46. The Bertz CT molecular complexity index is 967. The Labute approximate surface area is 200 Å². The Morgan fingerprint density at radius 3 is 2.55 bits per heavy atom. The van der Waals surface area contributed by atoms with Crippen LogP contribution in [0.5, 0.6) is 5.75 Å². The lowest BCUT2D eigenvalue weighted by Crippen LogP contribution is -2.48. The second kappa shape index (κ2) is 12.1. The number of hydrogen-bond acceptors (Lipinski definition) is 4. The summed E-state index contributed by atoms with van der Waals surface area (Å²) < 4.78 is 6.56. The van der Waals surface area contributed by atoms with Gasteiger partial charge in [-0.3, -0.25) is 9.59 Å². The molecule has 1 unspecified atom stereocenters. The highest BCUT2D eigenvalue weighted by Crippen LogP contribution is 2.23. The van der Waals surface area contributed by atoms with Crippen LogP contribution in [-0.2, 0) is 4.79 Å². The summed E-state index contributed by atoms with van der Waals surface area (Å²) in [7, 11) is 0. The normalized spacial score (nSPS) is 12.1. The fraction of sp³-hybridized carbons (Fsp3) is 0.318. The van der Waals surface area contributed by atoms with Crippen LogP contribution >= 0.6 is 39.1 Å². The van der Waals surface area contributed by atoms with Gasteiger partial charge in [0, 0.05) is 15.6 Å². The van der Waals surface area contributed by atoms with Gasteiger partial charge >= 0.3 is 0 Å². The standard InChI is InChI=1S/C22H24BrCl2N3O3/c1-4-9-31-19-8-6-16(23)10-15(19)12-26-28-22(30)20(13(2)3)27-21(29)14-5-7-17(24)18(25)11-14/h5-8,10-13,20H,4,9H2,1-3H3,(H,27,29)(H,28,30)/b26-12+. The van der Waals surface area contributed by atoms with Crippen molar-refractivity contribution in [3.05, 3.63) is 62.0 Å². The quantitative estimate of drug-likeness (QED) is 0.335. The lowest BCUT2D eigenvalue weighted by atomic mass is 10.0. The summed E-state index contributed by atoms with van der Waals surface area (Å²) in [5.41, 5.74) is 3.51. The van der Waals surface area contributed by atoms with E-state index in [1.165, 1.54) is 18.3 Å². The van der Waals surface area contributed by atoms with Crippen molar-refractivity contribution in [2.24, 2.45) is 11.0 Å². The fourth-order valence-corrected chi connectivity index (χ4v) is 3.27. The van der Waals surface area contributed by atoms with Crippen LogP contribution in [0, 0.1) is 5.92 Å². The van der Waals surface area contributed by atoms with Crippen molar-refractivity contribution in [1.29, 1.82) is 0 Å². The minimum Gasteiger partial charge on any atom is -0.493 e. The third kappa shape index (κ3) is 7.52. The zero-order valence-electron chi connectivity index (χ0n) is 17.4.